The molecule has 12 heavy (non-hydrogen) atoms. The van der Waals surface area contributed by atoms with Gasteiger partial charge in [-0.25, -0.2) is 4.98 Å². The first kappa shape index (κ1) is 7.54. The molecule has 0 aliphatic heterocycles. The number of aromatic nitrogens is 2. The van der Waals surface area contributed by atoms with E-state index in [0.717, 1.165) is 4.47 Å². The van der Waals surface area contributed by atoms with E-state index in [-0.39, 0.29) is 0 Å². The van der Waals surface area contributed by atoms with E-state index in [4.69, 9.17) is 5.73 Å². The van der Waals surface area contributed by atoms with Crippen molar-refractivity contribution in [2.45, 2.75) is 0 Å². The van der Waals surface area contributed by atoms with Crippen molar-refractivity contribution >= 4 is 27.4 Å². The fourth-order valence-corrected chi connectivity index (χ4v) is 1.46. The number of rotatable bonds is 0. The van der Waals surface area contributed by atoms with E-state index in [1.54, 1.807) is 6.07 Å². The lowest BCUT2D eigenvalue weighted by Crippen LogP contribution is -1.97. The van der Waals surface area contributed by atoms with Crippen LogP contribution in [0.3, 0.4) is 0 Å². The fraction of sp³-hybridized carbons (Fsp3) is 0. The van der Waals surface area contributed by atoms with Gasteiger partial charge >= 0.3 is 0 Å². The number of pyridine rings is 1. The van der Waals surface area contributed by atoms with Crippen molar-refractivity contribution < 1.29 is 4.39 Å². The number of halogens is 2. The van der Waals surface area contributed by atoms with Gasteiger partial charge in [0, 0.05) is 0 Å². The zero-order valence-electron chi connectivity index (χ0n) is 5.96. The number of hydrogen-bond acceptors (Lipinski definition) is 2. The Morgan fingerprint density at radius 2 is 2.25 bits per heavy atom. The maximum absolute atomic E-state index is 13.1. The monoisotopic (exact) mass is 229 g/mol. The SMILES string of the molecule is Nc1cnc2c(Br)ccc(F)n12. The van der Waals surface area contributed by atoms with Crippen molar-refractivity contribution in [3.63, 3.8) is 0 Å². The lowest BCUT2D eigenvalue weighted by atomic mass is 10.5. The molecule has 0 fully saturated rings. The minimum Gasteiger partial charge on any atom is -0.383 e. The topological polar surface area (TPSA) is 43.3 Å². The van der Waals surface area contributed by atoms with E-state index in [1.807, 2.05) is 0 Å². The molecular weight excluding hydrogens is 225 g/mol. The Hall–Kier alpha value is -1.10. The summed E-state index contributed by atoms with van der Waals surface area (Å²) in [6.45, 7) is 0. The van der Waals surface area contributed by atoms with Gasteiger partial charge in [-0.1, -0.05) is 0 Å². The van der Waals surface area contributed by atoms with Gasteiger partial charge in [-0.2, -0.15) is 4.39 Å². The molecule has 2 N–H and O–H groups in total. The molecule has 5 heteroatoms. The third kappa shape index (κ3) is 0.896. The highest BCUT2D eigenvalue weighted by molar-refractivity contribution is 9.10. The van der Waals surface area contributed by atoms with Crippen molar-refractivity contribution in [3.8, 4) is 0 Å². The third-order valence-electron chi connectivity index (χ3n) is 1.58. The van der Waals surface area contributed by atoms with Gasteiger partial charge in [-0.05, 0) is 28.1 Å². The van der Waals surface area contributed by atoms with Crippen molar-refractivity contribution in [2.75, 3.05) is 5.73 Å². The molecule has 3 nitrogen and oxygen atoms in total. The highest BCUT2D eigenvalue weighted by atomic mass is 79.9. The maximum Gasteiger partial charge on any atom is 0.201 e. The molecule has 2 heterocycles. The number of nitrogens with zero attached hydrogens (tertiary/aromatic N) is 2. The average Bonchev–Trinajstić information content (AvgIpc) is 2.42. The first-order chi connectivity index (χ1) is 5.70. The van der Waals surface area contributed by atoms with Crippen LogP contribution in [0.5, 0.6) is 0 Å². The number of fused-ring (bicyclic) bond motifs is 1. The summed E-state index contributed by atoms with van der Waals surface area (Å²) in [5.74, 6) is -0.119. The molecule has 2 rings (SSSR count). The predicted octanol–water partition coefficient (Wildman–Crippen LogP) is 1.82. The number of nitrogen functional groups attached to an aromatic ring is 1. The van der Waals surface area contributed by atoms with Gasteiger partial charge in [0.2, 0.25) is 5.95 Å². The number of nitrogens with two attached hydrogens (primary N) is 1. The summed E-state index contributed by atoms with van der Waals surface area (Å²) in [4.78, 5) is 3.93. The second-order valence-electron chi connectivity index (χ2n) is 2.35. The molecular formula is C7H5BrFN3. The Bertz CT molecular complexity index is 437. The minimum atomic E-state index is -0.414. The molecule has 0 bridgehead atoms. The van der Waals surface area contributed by atoms with Crippen LogP contribution in [0.4, 0.5) is 10.2 Å². The standard InChI is InChI=1S/C7H5BrFN3/c8-4-1-2-5(9)12-6(10)3-11-7(4)12/h1-3H,10H2. The summed E-state index contributed by atoms with van der Waals surface area (Å²) in [7, 11) is 0. The minimum absolute atomic E-state index is 0.295. The summed E-state index contributed by atoms with van der Waals surface area (Å²) in [6, 6.07) is 2.92. The van der Waals surface area contributed by atoms with Crippen LogP contribution in [0.2, 0.25) is 0 Å². The Morgan fingerprint density at radius 3 is 2.92 bits per heavy atom. The van der Waals surface area contributed by atoms with Crippen LogP contribution in [0, 0.1) is 5.95 Å². The van der Waals surface area contributed by atoms with Gasteiger partial charge in [0.1, 0.15) is 5.82 Å². The molecule has 2 aromatic heterocycles. The number of hydrogen-bond donors (Lipinski definition) is 1. The summed E-state index contributed by atoms with van der Waals surface area (Å²) in [6.07, 6.45) is 1.42. The fourth-order valence-electron chi connectivity index (χ4n) is 1.05. The maximum atomic E-state index is 13.1. The summed E-state index contributed by atoms with van der Waals surface area (Å²) in [5.41, 5.74) is 5.98. The lowest BCUT2D eigenvalue weighted by molar-refractivity contribution is 0.569. The molecule has 2 aromatic rings. The molecule has 0 aromatic carbocycles. The molecule has 0 atom stereocenters. The first-order valence-electron chi connectivity index (χ1n) is 3.27. The summed E-state index contributed by atoms with van der Waals surface area (Å²) < 4.78 is 15.0. The predicted molar refractivity (Wildman–Crippen MR) is 47.3 cm³/mol. The van der Waals surface area contributed by atoms with Gasteiger partial charge in [0.15, 0.2) is 5.65 Å². The Labute approximate surface area is 76.1 Å². The van der Waals surface area contributed by atoms with Gasteiger partial charge in [0.25, 0.3) is 0 Å². The van der Waals surface area contributed by atoms with Gasteiger partial charge in [0.05, 0.1) is 10.7 Å². The van der Waals surface area contributed by atoms with Crippen LogP contribution < -0.4 is 5.73 Å². The van der Waals surface area contributed by atoms with E-state index in [9.17, 15) is 4.39 Å². The first-order valence-corrected chi connectivity index (χ1v) is 4.06. The van der Waals surface area contributed by atoms with E-state index in [1.165, 1.54) is 16.7 Å². The second-order valence-corrected chi connectivity index (χ2v) is 3.20. The lowest BCUT2D eigenvalue weighted by Gasteiger charge is -1.98. The summed E-state index contributed by atoms with van der Waals surface area (Å²) in [5, 5.41) is 0. The van der Waals surface area contributed by atoms with Crippen LogP contribution in [-0.4, -0.2) is 9.38 Å². The Balaban J connectivity index is 2.98. The van der Waals surface area contributed by atoms with E-state index >= 15 is 0 Å². The molecule has 0 saturated heterocycles. The quantitative estimate of drug-likeness (QED) is 0.701. The van der Waals surface area contributed by atoms with Crippen molar-refractivity contribution in [3.05, 3.63) is 28.7 Å². The van der Waals surface area contributed by atoms with Crippen LogP contribution >= 0.6 is 15.9 Å². The third-order valence-corrected chi connectivity index (χ3v) is 2.20. The van der Waals surface area contributed by atoms with Crippen molar-refractivity contribution in [2.24, 2.45) is 0 Å². The number of imidazole rings is 1. The molecule has 0 unspecified atom stereocenters. The average molecular weight is 230 g/mol. The zero-order valence-corrected chi connectivity index (χ0v) is 7.55. The normalized spacial score (nSPS) is 10.8. The molecule has 0 spiro atoms. The smallest absolute Gasteiger partial charge is 0.201 e. The van der Waals surface area contributed by atoms with Crippen LogP contribution in [0.1, 0.15) is 0 Å². The largest absolute Gasteiger partial charge is 0.383 e. The van der Waals surface area contributed by atoms with Crippen LogP contribution in [0.25, 0.3) is 5.65 Å². The molecule has 0 radical (unpaired) electrons. The van der Waals surface area contributed by atoms with Crippen LogP contribution in [-0.2, 0) is 0 Å². The molecule has 0 aliphatic rings. The van der Waals surface area contributed by atoms with Crippen molar-refractivity contribution in [1.29, 1.82) is 0 Å². The molecule has 0 saturated carbocycles. The van der Waals surface area contributed by atoms with Gasteiger partial charge in [-0.15, -0.1) is 0 Å². The highest BCUT2D eigenvalue weighted by Crippen LogP contribution is 2.20. The molecule has 0 aliphatic carbocycles. The van der Waals surface area contributed by atoms with Gasteiger partial charge in [-0.3, -0.25) is 4.40 Å². The summed E-state index contributed by atoms with van der Waals surface area (Å²) >= 11 is 3.24. The van der Waals surface area contributed by atoms with Gasteiger partial charge < -0.3 is 5.73 Å². The number of anilines is 1. The Kier molecular flexibility index (Phi) is 1.54. The Morgan fingerprint density at radius 1 is 1.50 bits per heavy atom. The molecule has 62 valence electrons. The van der Waals surface area contributed by atoms with Crippen molar-refractivity contribution in [1.82, 2.24) is 9.38 Å². The second kappa shape index (κ2) is 2.45. The van der Waals surface area contributed by atoms with E-state index in [2.05, 4.69) is 20.9 Å². The zero-order chi connectivity index (χ0) is 8.72. The van der Waals surface area contributed by atoms with Crippen LogP contribution in [0.15, 0.2) is 22.8 Å². The molecule has 0 amide bonds. The van der Waals surface area contributed by atoms with E-state index < -0.39 is 5.95 Å². The van der Waals surface area contributed by atoms with E-state index in [0.29, 0.717) is 11.5 Å². The highest BCUT2D eigenvalue weighted by Gasteiger charge is 2.06.